The summed E-state index contributed by atoms with van der Waals surface area (Å²) in [4.78, 5) is 9.29. The Bertz CT molecular complexity index is 584. The van der Waals surface area contributed by atoms with Gasteiger partial charge < -0.3 is 5.32 Å². The molecular weight excluding hydrogens is 402 g/mol. The fourth-order valence-corrected chi connectivity index (χ4v) is 4.11. The van der Waals surface area contributed by atoms with Crippen LogP contribution in [0.3, 0.4) is 0 Å². The van der Waals surface area contributed by atoms with E-state index in [0.717, 1.165) is 31.9 Å². The van der Waals surface area contributed by atoms with Crippen molar-refractivity contribution in [1.29, 1.82) is 0 Å². The lowest BCUT2D eigenvalue weighted by atomic mass is 10.1. The van der Waals surface area contributed by atoms with E-state index in [1.54, 1.807) is 11.3 Å². The van der Waals surface area contributed by atoms with Crippen LogP contribution in [-0.2, 0) is 0 Å². The van der Waals surface area contributed by atoms with E-state index in [-0.39, 0.29) is 6.04 Å². The van der Waals surface area contributed by atoms with E-state index in [4.69, 9.17) is 4.98 Å². The summed E-state index contributed by atoms with van der Waals surface area (Å²) < 4.78 is 1.95. The van der Waals surface area contributed by atoms with Crippen molar-refractivity contribution in [2.24, 2.45) is 0 Å². The van der Waals surface area contributed by atoms with E-state index in [0.29, 0.717) is 5.92 Å². The largest absolute Gasteiger partial charge is 0.303 e. The number of rotatable bonds is 5. The monoisotopic (exact) mass is 417 g/mol. The van der Waals surface area contributed by atoms with Crippen LogP contribution in [0.2, 0.25) is 0 Å². The van der Waals surface area contributed by atoms with Gasteiger partial charge in [0, 0.05) is 20.5 Å². The molecule has 0 amide bonds. The van der Waals surface area contributed by atoms with Crippen LogP contribution >= 0.6 is 43.2 Å². The molecule has 3 nitrogen and oxygen atoms in total. The first-order valence-electron chi connectivity index (χ1n) is 6.52. The van der Waals surface area contributed by atoms with Gasteiger partial charge in [-0.15, -0.1) is 11.3 Å². The van der Waals surface area contributed by atoms with Crippen LogP contribution in [0.5, 0.6) is 0 Å². The predicted molar refractivity (Wildman–Crippen MR) is 91.4 cm³/mol. The molecule has 2 rings (SSSR count). The maximum absolute atomic E-state index is 4.75. The van der Waals surface area contributed by atoms with Crippen LogP contribution in [0.1, 0.15) is 49.1 Å². The Hall–Kier alpha value is -0.300. The highest BCUT2D eigenvalue weighted by Gasteiger charge is 2.21. The number of nitrogens with zero attached hydrogens (tertiary/aromatic N) is 2. The summed E-state index contributed by atoms with van der Waals surface area (Å²) in [7, 11) is 0. The minimum atomic E-state index is 0.0278. The van der Waals surface area contributed by atoms with Crippen LogP contribution in [0, 0.1) is 0 Å². The number of hydrogen-bond acceptors (Lipinski definition) is 4. The number of nitrogens with one attached hydrogen (secondary N) is 1. The van der Waals surface area contributed by atoms with Crippen molar-refractivity contribution >= 4 is 43.2 Å². The van der Waals surface area contributed by atoms with E-state index >= 15 is 0 Å². The van der Waals surface area contributed by atoms with Gasteiger partial charge in [0.1, 0.15) is 11.0 Å². The van der Waals surface area contributed by atoms with Crippen molar-refractivity contribution in [3.05, 3.63) is 43.0 Å². The number of aromatic nitrogens is 2. The van der Waals surface area contributed by atoms with Crippen LogP contribution in [0.25, 0.3) is 0 Å². The quantitative estimate of drug-likeness (QED) is 0.751. The Morgan fingerprint density at radius 1 is 1.35 bits per heavy atom. The first kappa shape index (κ1) is 16.1. The third-order valence-electron chi connectivity index (χ3n) is 2.90. The first-order valence-corrected chi connectivity index (χ1v) is 8.99. The zero-order chi connectivity index (χ0) is 14.7. The van der Waals surface area contributed by atoms with E-state index < -0.39 is 0 Å². The molecule has 6 heteroatoms. The second kappa shape index (κ2) is 7.11. The summed E-state index contributed by atoms with van der Waals surface area (Å²) in [6.45, 7) is 7.28. The first-order chi connectivity index (χ1) is 9.52. The van der Waals surface area contributed by atoms with E-state index in [1.807, 2.05) is 12.3 Å². The standard InChI is InChI=1S/C14H17Br2N3S/c1-4-17-13(12-10(16)5-9(15)6-18-12)14-19-11(7-20-14)8(2)3/h5-8,13,17H,4H2,1-3H3. The molecule has 0 saturated carbocycles. The maximum Gasteiger partial charge on any atom is 0.116 e. The van der Waals surface area contributed by atoms with Gasteiger partial charge in [0.25, 0.3) is 0 Å². The number of thiazole rings is 1. The predicted octanol–water partition coefficient (Wildman–Crippen LogP) is 4.89. The fraction of sp³-hybridized carbons (Fsp3) is 0.429. The molecule has 2 aromatic heterocycles. The lowest BCUT2D eigenvalue weighted by Crippen LogP contribution is -2.23. The zero-order valence-electron chi connectivity index (χ0n) is 11.7. The highest BCUT2D eigenvalue weighted by atomic mass is 79.9. The highest BCUT2D eigenvalue weighted by molar-refractivity contribution is 9.11. The molecule has 0 fully saturated rings. The second-order valence-corrected chi connectivity index (χ2v) is 7.44. The average Bonchev–Trinajstić information content (AvgIpc) is 2.86. The summed E-state index contributed by atoms with van der Waals surface area (Å²) in [6.07, 6.45) is 1.82. The molecule has 0 aliphatic heterocycles. The van der Waals surface area contributed by atoms with Gasteiger partial charge in [0.15, 0.2) is 0 Å². The maximum atomic E-state index is 4.75. The summed E-state index contributed by atoms with van der Waals surface area (Å²) in [6, 6.07) is 2.05. The van der Waals surface area contributed by atoms with Crippen molar-refractivity contribution in [3.8, 4) is 0 Å². The van der Waals surface area contributed by atoms with E-state index in [9.17, 15) is 0 Å². The van der Waals surface area contributed by atoms with Crippen molar-refractivity contribution in [3.63, 3.8) is 0 Å². The third kappa shape index (κ3) is 3.67. The van der Waals surface area contributed by atoms with Crippen LogP contribution in [-0.4, -0.2) is 16.5 Å². The summed E-state index contributed by atoms with van der Waals surface area (Å²) in [5, 5.41) is 6.67. The normalized spacial score (nSPS) is 12.9. The van der Waals surface area contributed by atoms with Crippen molar-refractivity contribution in [2.75, 3.05) is 6.54 Å². The minimum absolute atomic E-state index is 0.0278. The molecule has 0 radical (unpaired) electrons. The van der Waals surface area contributed by atoms with Gasteiger partial charge in [-0.3, -0.25) is 4.98 Å². The number of hydrogen-bond donors (Lipinski definition) is 1. The molecule has 1 unspecified atom stereocenters. The summed E-state index contributed by atoms with van der Waals surface area (Å²) in [5.41, 5.74) is 2.11. The molecule has 0 aliphatic rings. The molecule has 0 aromatic carbocycles. The van der Waals surface area contributed by atoms with Crippen molar-refractivity contribution in [2.45, 2.75) is 32.7 Å². The number of pyridine rings is 1. The Labute approximate surface area is 140 Å². The highest BCUT2D eigenvalue weighted by Crippen LogP contribution is 2.31. The van der Waals surface area contributed by atoms with Gasteiger partial charge in [-0.05, 0) is 50.4 Å². The van der Waals surface area contributed by atoms with Crippen LogP contribution in [0.15, 0.2) is 26.6 Å². The molecule has 108 valence electrons. The van der Waals surface area contributed by atoms with Crippen LogP contribution in [0.4, 0.5) is 0 Å². The zero-order valence-corrected chi connectivity index (χ0v) is 15.6. The van der Waals surface area contributed by atoms with E-state index in [1.165, 1.54) is 0 Å². The molecule has 2 aromatic rings. The smallest absolute Gasteiger partial charge is 0.116 e. The Balaban J connectivity index is 2.39. The molecular formula is C14H17Br2N3S. The molecule has 1 atom stereocenters. The molecule has 0 saturated heterocycles. The average molecular weight is 419 g/mol. The van der Waals surface area contributed by atoms with Crippen molar-refractivity contribution in [1.82, 2.24) is 15.3 Å². The topological polar surface area (TPSA) is 37.8 Å². The molecule has 0 aliphatic carbocycles. The van der Waals surface area contributed by atoms with Crippen LogP contribution < -0.4 is 5.32 Å². The molecule has 0 spiro atoms. The lowest BCUT2D eigenvalue weighted by molar-refractivity contribution is 0.606. The van der Waals surface area contributed by atoms with Gasteiger partial charge in [-0.25, -0.2) is 4.98 Å². The SMILES string of the molecule is CCNC(c1nc(C(C)C)cs1)c1ncc(Br)cc1Br. The van der Waals surface area contributed by atoms with Gasteiger partial charge in [0.2, 0.25) is 0 Å². The van der Waals surface area contributed by atoms with Gasteiger partial charge in [0.05, 0.1) is 11.4 Å². The summed E-state index contributed by atoms with van der Waals surface area (Å²) in [5.74, 6) is 0.448. The Kier molecular flexibility index (Phi) is 5.72. The Morgan fingerprint density at radius 3 is 2.65 bits per heavy atom. The fourth-order valence-electron chi connectivity index (χ4n) is 1.84. The van der Waals surface area contributed by atoms with Gasteiger partial charge in [-0.2, -0.15) is 0 Å². The summed E-state index contributed by atoms with van der Waals surface area (Å²) >= 11 is 8.72. The van der Waals surface area contributed by atoms with Crippen molar-refractivity contribution < 1.29 is 0 Å². The molecule has 20 heavy (non-hydrogen) atoms. The minimum Gasteiger partial charge on any atom is -0.303 e. The molecule has 2 heterocycles. The van der Waals surface area contributed by atoms with Gasteiger partial charge >= 0.3 is 0 Å². The lowest BCUT2D eigenvalue weighted by Gasteiger charge is -2.16. The molecule has 1 N–H and O–H groups in total. The third-order valence-corrected chi connectivity index (χ3v) is 4.89. The molecule has 0 bridgehead atoms. The number of halogens is 2. The second-order valence-electron chi connectivity index (χ2n) is 4.78. The van der Waals surface area contributed by atoms with E-state index in [2.05, 4.69) is 68.3 Å². The van der Waals surface area contributed by atoms with Gasteiger partial charge in [-0.1, -0.05) is 20.8 Å². The Morgan fingerprint density at radius 2 is 2.10 bits per heavy atom.